The Labute approximate surface area is 99.4 Å². The van der Waals surface area contributed by atoms with Gasteiger partial charge in [-0.25, -0.2) is 8.78 Å². The van der Waals surface area contributed by atoms with Crippen molar-refractivity contribution in [1.29, 1.82) is 0 Å². The van der Waals surface area contributed by atoms with Gasteiger partial charge in [-0.3, -0.25) is 0 Å². The van der Waals surface area contributed by atoms with Gasteiger partial charge >= 0.3 is 0 Å². The van der Waals surface area contributed by atoms with Crippen LogP contribution < -0.4 is 0 Å². The summed E-state index contributed by atoms with van der Waals surface area (Å²) in [5.41, 5.74) is -0.515. The van der Waals surface area contributed by atoms with E-state index in [2.05, 4.69) is 0 Å². The Bertz CT molecular complexity index is 626. The molecule has 2 aromatic rings. The smallest absolute Gasteiger partial charge is 0.204 e. The molecule has 0 fully saturated rings. The zero-order valence-electron chi connectivity index (χ0n) is 8.78. The molecule has 0 radical (unpaired) electrons. The highest BCUT2D eigenvalue weighted by atomic mass is 19.2. The van der Waals surface area contributed by atoms with E-state index < -0.39 is 40.3 Å². The van der Waals surface area contributed by atoms with E-state index in [1.807, 2.05) is 0 Å². The molecule has 2 aromatic carbocycles. The van der Waals surface area contributed by atoms with Gasteiger partial charge in [-0.1, -0.05) is 6.07 Å². The molecule has 0 amide bonds. The molecule has 0 atom stereocenters. The minimum absolute atomic E-state index is 0.0411. The lowest BCUT2D eigenvalue weighted by atomic mass is 10.0. The Morgan fingerprint density at radius 1 is 0.778 bits per heavy atom. The van der Waals surface area contributed by atoms with Crippen LogP contribution in [0.1, 0.15) is 0 Å². The van der Waals surface area contributed by atoms with Crippen molar-refractivity contribution in [1.82, 2.24) is 0 Å². The molecule has 0 heterocycles. The highest BCUT2D eigenvalue weighted by molar-refractivity contribution is 5.68. The fourth-order valence-electron chi connectivity index (χ4n) is 1.49. The number of hydrogen-bond acceptors (Lipinski definition) is 3. The summed E-state index contributed by atoms with van der Waals surface area (Å²) in [6.07, 6.45) is 0. The van der Waals surface area contributed by atoms with E-state index in [9.17, 15) is 18.3 Å². The van der Waals surface area contributed by atoms with Crippen LogP contribution in [0, 0.1) is 17.5 Å². The Morgan fingerprint density at radius 3 is 2.06 bits per heavy atom. The van der Waals surface area contributed by atoms with Gasteiger partial charge in [0.25, 0.3) is 0 Å². The van der Waals surface area contributed by atoms with Crippen molar-refractivity contribution >= 4 is 0 Å². The Balaban J connectivity index is 2.67. The molecule has 18 heavy (non-hydrogen) atoms. The van der Waals surface area contributed by atoms with Crippen molar-refractivity contribution in [3.8, 4) is 28.4 Å². The average molecular weight is 256 g/mol. The summed E-state index contributed by atoms with van der Waals surface area (Å²) < 4.78 is 39.8. The third kappa shape index (κ3) is 1.81. The lowest BCUT2D eigenvalue weighted by Crippen LogP contribution is -1.93. The van der Waals surface area contributed by atoms with Gasteiger partial charge in [-0.05, 0) is 23.8 Å². The highest BCUT2D eigenvalue weighted by Crippen LogP contribution is 2.35. The SMILES string of the molecule is Oc1ccc(-c2cc(F)c(O)c(F)c2F)cc1O. The first kappa shape index (κ1) is 12.1. The van der Waals surface area contributed by atoms with Crippen molar-refractivity contribution in [3.05, 3.63) is 41.7 Å². The summed E-state index contributed by atoms with van der Waals surface area (Å²) in [7, 11) is 0. The molecule has 3 N–H and O–H groups in total. The van der Waals surface area contributed by atoms with Crippen LogP contribution >= 0.6 is 0 Å². The normalized spacial score (nSPS) is 10.6. The predicted octanol–water partition coefficient (Wildman–Crippen LogP) is 2.89. The molecule has 94 valence electrons. The average Bonchev–Trinajstić information content (AvgIpc) is 2.35. The van der Waals surface area contributed by atoms with Gasteiger partial charge in [0, 0.05) is 5.56 Å². The fraction of sp³-hybridized carbons (Fsp3) is 0. The predicted molar refractivity (Wildman–Crippen MR) is 56.7 cm³/mol. The first-order valence-electron chi connectivity index (χ1n) is 4.80. The molecule has 0 spiro atoms. The molecule has 3 nitrogen and oxygen atoms in total. The maximum absolute atomic E-state index is 13.5. The van der Waals surface area contributed by atoms with Crippen molar-refractivity contribution in [2.75, 3.05) is 0 Å². The Hall–Kier alpha value is -2.37. The number of hydrogen-bond donors (Lipinski definition) is 3. The number of rotatable bonds is 1. The van der Waals surface area contributed by atoms with Crippen LogP contribution in [0.5, 0.6) is 17.2 Å². The summed E-state index contributed by atoms with van der Waals surface area (Å²) >= 11 is 0. The molecule has 0 aliphatic rings. The molecule has 0 bridgehead atoms. The van der Waals surface area contributed by atoms with Crippen molar-refractivity contribution < 1.29 is 28.5 Å². The molecule has 0 aromatic heterocycles. The third-order valence-electron chi connectivity index (χ3n) is 2.42. The number of benzene rings is 2. The van der Waals surface area contributed by atoms with Gasteiger partial charge in [0.05, 0.1) is 0 Å². The topological polar surface area (TPSA) is 60.7 Å². The van der Waals surface area contributed by atoms with Gasteiger partial charge in [-0.15, -0.1) is 0 Å². The second-order valence-electron chi connectivity index (χ2n) is 3.59. The number of phenols is 3. The zero-order chi connectivity index (χ0) is 13.4. The summed E-state index contributed by atoms with van der Waals surface area (Å²) in [5, 5.41) is 27.2. The number of phenolic OH excluding ortho intramolecular Hbond substituents is 3. The van der Waals surface area contributed by atoms with Gasteiger partial charge in [-0.2, -0.15) is 4.39 Å². The molecular weight excluding hydrogens is 249 g/mol. The van der Waals surface area contributed by atoms with Crippen LogP contribution in [0.4, 0.5) is 13.2 Å². The Morgan fingerprint density at radius 2 is 1.44 bits per heavy atom. The van der Waals surface area contributed by atoms with E-state index in [1.54, 1.807) is 0 Å². The van der Waals surface area contributed by atoms with Crippen LogP contribution in [-0.4, -0.2) is 15.3 Å². The monoisotopic (exact) mass is 256 g/mol. The molecular formula is C12H7F3O3. The fourth-order valence-corrected chi connectivity index (χ4v) is 1.49. The lowest BCUT2D eigenvalue weighted by molar-refractivity contribution is 0.377. The summed E-state index contributed by atoms with van der Waals surface area (Å²) in [6.45, 7) is 0. The Kier molecular flexibility index (Phi) is 2.78. The molecule has 0 aliphatic heterocycles. The second kappa shape index (κ2) is 4.14. The van der Waals surface area contributed by atoms with Crippen LogP contribution in [0.3, 0.4) is 0 Å². The van der Waals surface area contributed by atoms with Crippen LogP contribution in [0.2, 0.25) is 0 Å². The van der Waals surface area contributed by atoms with Gasteiger partial charge in [0.15, 0.2) is 28.9 Å². The van der Waals surface area contributed by atoms with Crippen molar-refractivity contribution in [2.24, 2.45) is 0 Å². The van der Waals surface area contributed by atoms with Crippen LogP contribution in [-0.2, 0) is 0 Å². The van der Waals surface area contributed by atoms with E-state index in [1.165, 1.54) is 6.07 Å². The largest absolute Gasteiger partial charge is 0.504 e. The molecule has 0 unspecified atom stereocenters. The van der Waals surface area contributed by atoms with Gasteiger partial charge in [0.2, 0.25) is 5.82 Å². The van der Waals surface area contributed by atoms with E-state index in [-0.39, 0.29) is 5.56 Å². The molecule has 0 saturated heterocycles. The maximum atomic E-state index is 13.5. The number of aromatic hydroxyl groups is 3. The highest BCUT2D eigenvalue weighted by Gasteiger charge is 2.19. The van der Waals surface area contributed by atoms with Crippen molar-refractivity contribution in [3.63, 3.8) is 0 Å². The quantitative estimate of drug-likeness (QED) is 0.543. The molecule has 2 rings (SSSR count). The standard InChI is InChI=1S/C12H7F3O3/c13-7-4-6(10(14)11(15)12(7)18)5-1-2-8(16)9(17)3-5/h1-4,16-18H. The maximum Gasteiger partial charge on any atom is 0.204 e. The third-order valence-corrected chi connectivity index (χ3v) is 2.42. The van der Waals surface area contributed by atoms with Gasteiger partial charge in [0.1, 0.15) is 0 Å². The van der Waals surface area contributed by atoms with E-state index in [0.29, 0.717) is 6.07 Å². The minimum Gasteiger partial charge on any atom is -0.504 e. The lowest BCUT2D eigenvalue weighted by Gasteiger charge is -2.07. The second-order valence-corrected chi connectivity index (χ2v) is 3.59. The van der Waals surface area contributed by atoms with E-state index in [4.69, 9.17) is 10.2 Å². The molecule has 6 heteroatoms. The van der Waals surface area contributed by atoms with E-state index >= 15 is 0 Å². The van der Waals surface area contributed by atoms with Crippen LogP contribution in [0.15, 0.2) is 24.3 Å². The first-order valence-corrected chi connectivity index (χ1v) is 4.80. The minimum atomic E-state index is -1.71. The van der Waals surface area contributed by atoms with E-state index in [0.717, 1.165) is 12.1 Å². The molecule has 0 aliphatic carbocycles. The summed E-state index contributed by atoms with van der Waals surface area (Å²) in [5.74, 6) is -6.88. The summed E-state index contributed by atoms with van der Waals surface area (Å²) in [6, 6.07) is 3.76. The summed E-state index contributed by atoms with van der Waals surface area (Å²) in [4.78, 5) is 0. The zero-order valence-corrected chi connectivity index (χ0v) is 8.78. The van der Waals surface area contributed by atoms with Gasteiger partial charge < -0.3 is 15.3 Å². The number of halogens is 3. The first-order chi connectivity index (χ1) is 8.41. The van der Waals surface area contributed by atoms with Crippen LogP contribution in [0.25, 0.3) is 11.1 Å². The molecule has 0 saturated carbocycles. The van der Waals surface area contributed by atoms with Crippen molar-refractivity contribution in [2.45, 2.75) is 0 Å².